The van der Waals surface area contributed by atoms with Crippen LogP contribution in [0.5, 0.6) is 0 Å². The first kappa shape index (κ1) is 14.3. The lowest BCUT2D eigenvalue weighted by molar-refractivity contribution is 0.768. The van der Waals surface area contributed by atoms with Gasteiger partial charge in [0.05, 0.1) is 18.1 Å². The van der Waals surface area contributed by atoms with Gasteiger partial charge in [0.1, 0.15) is 5.52 Å². The van der Waals surface area contributed by atoms with Crippen LogP contribution >= 0.6 is 12.2 Å². The largest absolute Gasteiger partial charge is 0.363 e. The number of hydrogen-bond donors (Lipinski definition) is 2. The van der Waals surface area contributed by atoms with Crippen LogP contribution in [-0.4, -0.2) is 36.4 Å². The average Bonchev–Trinajstić information content (AvgIpc) is 2.93. The molecule has 0 saturated carbocycles. The first-order chi connectivity index (χ1) is 10.7. The van der Waals surface area contributed by atoms with Gasteiger partial charge in [0.2, 0.25) is 0 Å². The molecule has 0 aliphatic rings. The van der Waals surface area contributed by atoms with E-state index >= 15 is 0 Å². The van der Waals surface area contributed by atoms with Crippen molar-refractivity contribution < 1.29 is 0 Å². The van der Waals surface area contributed by atoms with Crippen LogP contribution in [-0.2, 0) is 7.05 Å². The lowest BCUT2D eigenvalue weighted by atomic mass is 10.2. The highest BCUT2D eigenvalue weighted by molar-refractivity contribution is 7.80. The van der Waals surface area contributed by atoms with Gasteiger partial charge in [-0.2, -0.15) is 5.10 Å². The number of fused-ring (bicyclic) bond motifs is 1. The molecule has 8 heteroatoms. The first-order valence-electron chi connectivity index (χ1n) is 6.83. The van der Waals surface area contributed by atoms with Gasteiger partial charge >= 0.3 is 0 Å². The first-order valence-corrected chi connectivity index (χ1v) is 7.24. The number of hydrogen-bond acceptors (Lipinski definition) is 5. The zero-order valence-corrected chi connectivity index (χ0v) is 13.1. The molecule has 0 amide bonds. The molecule has 0 aliphatic heterocycles. The number of aryl methyl sites for hydroxylation is 1. The summed E-state index contributed by atoms with van der Waals surface area (Å²) in [6.45, 7) is 2.72. The molecule has 0 unspecified atom stereocenters. The van der Waals surface area contributed by atoms with Crippen LogP contribution in [0.15, 0.2) is 30.7 Å². The molecule has 0 radical (unpaired) electrons. The maximum atomic E-state index is 5.14. The van der Waals surface area contributed by atoms with E-state index in [4.69, 9.17) is 12.2 Å². The smallest absolute Gasteiger partial charge is 0.180 e. The average molecular weight is 313 g/mol. The van der Waals surface area contributed by atoms with E-state index < -0.39 is 0 Å². The van der Waals surface area contributed by atoms with Crippen LogP contribution in [0, 0.1) is 0 Å². The van der Waals surface area contributed by atoms with Crippen molar-refractivity contribution in [2.45, 2.75) is 6.92 Å². The molecular formula is C14H15N7S. The third-order valence-electron chi connectivity index (χ3n) is 2.99. The Morgan fingerprint density at radius 2 is 2.14 bits per heavy atom. The second-order valence-corrected chi connectivity index (χ2v) is 5.09. The minimum Gasteiger partial charge on any atom is -0.363 e. The van der Waals surface area contributed by atoms with Crippen molar-refractivity contribution >= 4 is 34.3 Å². The zero-order chi connectivity index (χ0) is 15.5. The molecule has 0 aromatic carbocycles. The lowest BCUT2D eigenvalue weighted by Gasteiger charge is -2.08. The molecule has 3 rings (SSSR count). The Kier molecular flexibility index (Phi) is 3.92. The van der Waals surface area contributed by atoms with E-state index in [9.17, 15) is 0 Å². The predicted molar refractivity (Wildman–Crippen MR) is 89.4 cm³/mol. The number of nitrogens with zero attached hydrogens (tertiary/aromatic N) is 5. The van der Waals surface area contributed by atoms with Gasteiger partial charge < -0.3 is 10.6 Å². The Labute approximate surface area is 132 Å². The molecular weight excluding hydrogens is 298 g/mol. The summed E-state index contributed by atoms with van der Waals surface area (Å²) >= 11 is 5.14. The summed E-state index contributed by atoms with van der Waals surface area (Å²) in [4.78, 5) is 13.3. The van der Waals surface area contributed by atoms with Gasteiger partial charge in [0.15, 0.2) is 16.6 Å². The highest BCUT2D eigenvalue weighted by Crippen LogP contribution is 2.19. The highest BCUT2D eigenvalue weighted by Gasteiger charge is 2.07. The van der Waals surface area contributed by atoms with Gasteiger partial charge in [0.25, 0.3) is 0 Å². The molecule has 2 N–H and O–H groups in total. The Morgan fingerprint density at radius 3 is 2.86 bits per heavy atom. The maximum Gasteiger partial charge on any atom is 0.180 e. The summed E-state index contributed by atoms with van der Waals surface area (Å²) in [5.74, 6) is 0.564. The zero-order valence-electron chi connectivity index (χ0n) is 12.2. The van der Waals surface area contributed by atoms with E-state index in [2.05, 4.69) is 30.7 Å². The molecule has 3 heterocycles. The SMILES string of the molecule is CCNC(=S)Nc1cnc2ccc(-c3cnn(C)c3)nc2n1. The summed E-state index contributed by atoms with van der Waals surface area (Å²) in [6.07, 6.45) is 5.31. The van der Waals surface area contributed by atoms with Gasteiger partial charge in [-0.3, -0.25) is 4.68 Å². The van der Waals surface area contributed by atoms with E-state index in [-0.39, 0.29) is 0 Å². The maximum absolute atomic E-state index is 5.14. The minimum atomic E-state index is 0.513. The molecule has 22 heavy (non-hydrogen) atoms. The molecule has 0 spiro atoms. The number of nitrogens with one attached hydrogen (secondary N) is 2. The molecule has 7 nitrogen and oxygen atoms in total. The van der Waals surface area contributed by atoms with Crippen molar-refractivity contribution in [1.29, 1.82) is 0 Å². The second-order valence-electron chi connectivity index (χ2n) is 4.68. The van der Waals surface area contributed by atoms with Gasteiger partial charge in [-0.1, -0.05) is 0 Å². The fourth-order valence-electron chi connectivity index (χ4n) is 1.99. The Morgan fingerprint density at radius 1 is 1.27 bits per heavy atom. The monoisotopic (exact) mass is 313 g/mol. The normalized spacial score (nSPS) is 10.6. The summed E-state index contributed by atoms with van der Waals surface area (Å²) in [5.41, 5.74) is 3.03. The Bertz CT molecular complexity index is 827. The van der Waals surface area contributed by atoms with E-state index in [0.717, 1.165) is 23.3 Å². The highest BCUT2D eigenvalue weighted by atomic mass is 32.1. The van der Waals surface area contributed by atoms with Crippen molar-refractivity contribution in [2.75, 3.05) is 11.9 Å². The summed E-state index contributed by atoms with van der Waals surface area (Å²) < 4.78 is 1.74. The van der Waals surface area contributed by atoms with Crippen molar-refractivity contribution in [1.82, 2.24) is 30.0 Å². The van der Waals surface area contributed by atoms with Gasteiger partial charge in [-0.05, 0) is 31.3 Å². The molecule has 0 fully saturated rings. The fraction of sp³-hybridized carbons (Fsp3) is 0.214. The van der Waals surface area contributed by atoms with Crippen molar-refractivity contribution in [3.8, 4) is 11.3 Å². The standard InChI is InChI=1S/C14H15N7S/c1-3-15-14(22)20-12-7-16-11-5-4-10(18-13(11)19-12)9-6-17-21(2)8-9/h4-8H,3H2,1-2H3,(H2,15,18,19,20,22). The van der Waals surface area contributed by atoms with E-state index in [1.165, 1.54) is 0 Å². The van der Waals surface area contributed by atoms with Crippen LogP contribution in [0.3, 0.4) is 0 Å². The van der Waals surface area contributed by atoms with Crippen molar-refractivity contribution in [2.24, 2.45) is 7.05 Å². The van der Waals surface area contributed by atoms with Crippen molar-refractivity contribution in [3.63, 3.8) is 0 Å². The molecule has 0 aliphatic carbocycles. The topological polar surface area (TPSA) is 80.5 Å². The molecule has 0 bridgehead atoms. The lowest BCUT2D eigenvalue weighted by Crippen LogP contribution is -2.28. The van der Waals surface area contributed by atoms with E-state index in [1.807, 2.05) is 32.3 Å². The predicted octanol–water partition coefficient (Wildman–Crippen LogP) is 1.73. The molecule has 0 atom stereocenters. The van der Waals surface area contributed by atoms with Gasteiger partial charge in [0, 0.05) is 25.4 Å². The third-order valence-corrected chi connectivity index (χ3v) is 3.23. The van der Waals surface area contributed by atoms with Crippen LogP contribution in [0.4, 0.5) is 5.82 Å². The Hall–Kier alpha value is -2.61. The quantitative estimate of drug-likeness (QED) is 0.713. The van der Waals surface area contributed by atoms with Gasteiger partial charge in [-0.15, -0.1) is 0 Å². The number of anilines is 1. The number of thiocarbonyl (C=S) groups is 1. The molecule has 3 aromatic heterocycles. The second kappa shape index (κ2) is 6.02. The molecule has 112 valence electrons. The van der Waals surface area contributed by atoms with Crippen LogP contribution < -0.4 is 10.6 Å². The summed E-state index contributed by atoms with van der Waals surface area (Å²) in [7, 11) is 1.87. The number of rotatable bonds is 3. The van der Waals surface area contributed by atoms with Crippen LogP contribution in [0.25, 0.3) is 22.4 Å². The van der Waals surface area contributed by atoms with Crippen LogP contribution in [0.1, 0.15) is 6.92 Å². The third kappa shape index (κ3) is 3.01. The Balaban J connectivity index is 1.94. The number of pyridine rings is 1. The van der Waals surface area contributed by atoms with E-state index in [1.54, 1.807) is 17.1 Å². The van der Waals surface area contributed by atoms with Gasteiger partial charge in [-0.25, -0.2) is 15.0 Å². The van der Waals surface area contributed by atoms with E-state index in [0.29, 0.717) is 16.6 Å². The molecule has 0 saturated heterocycles. The minimum absolute atomic E-state index is 0.513. The fourth-order valence-corrected chi connectivity index (χ4v) is 2.24. The summed E-state index contributed by atoms with van der Waals surface area (Å²) in [5, 5.41) is 10.7. The van der Waals surface area contributed by atoms with Crippen molar-refractivity contribution in [3.05, 3.63) is 30.7 Å². The number of aromatic nitrogens is 5. The molecule has 3 aromatic rings. The summed E-state index contributed by atoms with van der Waals surface area (Å²) in [6, 6.07) is 3.80. The van der Waals surface area contributed by atoms with Crippen LogP contribution in [0.2, 0.25) is 0 Å².